The van der Waals surface area contributed by atoms with E-state index >= 15 is 0 Å². The van der Waals surface area contributed by atoms with Gasteiger partial charge < -0.3 is 19.9 Å². The van der Waals surface area contributed by atoms with Crippen LogP contribution in [0.2, 0.25) is 0 Å². The van der Waals surface area contributed by atoms with Crippen molar-refractivity contribution in [1.82, 2.24) is 5.32 Å². The second-order valence-corrected chi connectivity index (χ2v) is 3.68. The Balaban J connectivity index is 2.81. The molecule has 0 aliphatic heterocycles. The van der Waals surface area contributed by atoms with Gasteiger partial charge >= 0.3 is 6.61 Å². The molecule has 1 atom stereocenters. The lowest BCUT2D eigenvalue weighted by molar-refractivity contribution is -0.0501. The van der Waals surface area contributed by atoms with E-state index in [0.29, 0.717) is 0 Å². The predicted molar refractivity (Wildman–Crippen MR) is 63.3 cm³/mol. The van der Waals surface area contributed by atoms with Gasteiger partial charge in [0.15, 0.2) is 0 Å². The van der Waals surface area contributed by atoms with Crippen LogP contribution in [0.3, 0.4) is 0 Å². The number of rotatable bonds is 7. The van der Waals surface area contributed by atoms with E-state index in [4.69, 9.17) is 9.84 Å². The number of benzene rings is 1. The normalized spacial score (nSPS) is 12.3. The van der Waals surface area contributed by atoms with Crippen molar-refractivity contribution >= 4 is 5.91 Å². The lowest BCUT2D eigenvalue weighted by Crippen LogP contribution is -2.40. The molecule has 0 fully saturated rings. The number of hydrogen-bond acceptors (Lipinski definition) is 4. The molecule has 0 saturated carbocycles. The fourth-order valence-corrected chi connectivity index (χ4v) is 1.46. The van der Waals surface area contributed by atoms with Gasteiger partial charge in [-0.3, -0.25) is 4.79 Å². The molecule has 0 aliphatic rings. The summed E-state index contributed by atoms with van der Waals surface area (Å²) in [5.41, 5.74) is -0.0302. The smallest absolute Gasteiger partial charge is 0.387 e. The summed E-state index contributed by atoms with van der Waals surface area (Å²) in [6.45, 7) is -3.22. The van der Waals surface area contributed by atoms with E-state index < -0.39 is 18.6 Å². The first-order valence-electron chi connectivity index (χ1n) is 5.53. The van der Waals surface area contributed by atoms with Gasteiger partial charge in [-0.25, -0.2) is 0 Å². The quantitative estimate of drug-likeness (QED) is 0.779. The molecule has 0 aliphatic carbocycles. The summed E-state index contributed by atoms with van der Waals surface area (Å²) >= 11 is 0. The second-order valence-electron chi connectivity index (χ2n) is 3.68. The van der Waals surface area contributed by atoms with Crippen molar-refractivity contribution in [3.8, 4) is 5.75 Å². The molecular formula is C12H15F2NO4. The topological polar surface area (TPSA) is 67.8 Å². The van der Waals surface area contributed by atoms with Crippen LogP contribution >= 0.6 is 0 Å². The Morgan fingerprint density at radius 3 is 2.68 bits per heavy atom. The number of methoxy groups -OCH3 is 1. The molecular weight excluding hydrogens is 260 g/mol. The summed E-state index contributed by atoms with van der Waals surface area (Å²) in [7, 11) is 1.42. The lowest BCUT2D eigenvalue weighted by Gasteiger charge is -2.16. The first kappa shape index (κ1) is 15.3. The van der Waals surface area contributed by atoms with Crippen molar-refractivity contribution < 1.29 is 28.2 Å². The highest BCUT2D eigenvalue weighted by atomic mass is 19.3. The Bertz CT molecular complexity index is 414. The van der Waals surface area contributed by atoms with E-state index in [2.05, 4.69) is 10.1 Å². The van der Waals surface area contributed by atoms with Gasteiger partial charge in [-0.1, -0.05) is 12.1 Å². The average molecular weight is 275 g/mol. The molecule has 1 amide bonds. The third-order valence-corrected chi connectivity index (χ3v) is 2.27. The molecule has 0 heterocycles. The van der Waals surface area contributed by atoms with Crippen LogP contribution in [0.4, 0.5) is 8.78 Å². The maximum atomic E-state index is 12.2. The maximum Gasteiger partial charge on any atom is 0.387 e. The van der Waals surface area contributed by atoms with Crippen molar-refractivity contribution in [1.29, 1.82) is 0 Å². The third kappa shape index (κ3) is 4.80. The minimum atomic E-state index is -3.01. The van der Waals surface area contributed by atoms with Gasteiger partial charge in [-0.2, -0.15) is 8.78 Å². The Morgan fingerprint density at radius 2 is 2.11 bits per heavy atom. The number of carbonyl (C=O) groups excluding carboxylic acids is 1. The fourth-order valence-electron chi connectivity index (χ4n) is 1.46. The highest BCUT2D eigenvalue weighted by Gasteiger charge is 2.18. The lowest BCUT2D eigenvalue weighted by atomic mass is 10.1. The molecule has 0 bridgehead atoms. The highest BCUT2D eigenvalue weighted by molar-refractivity contribution is 5.97. The van der Waals surface area contributed by atoms with E-state index in [1.54, 1.807) is 0 Å². The molecule has 19 heavy (non-hydrogen) atoms. The van der Waals surface area contributed by atoms with E-state index in [-0.39, 0.29) is 24.5 Å². The molecule has 7 heteroatoms. The van der Waals surface area contributed by atoms with Gasteiger partial charge in [-0.15, -0.1) is 0 Å². The number of para-hydroxylation sites is 1. The number of carbonyl (C=O) groups is 1. The number of aliphatic hydroxyl groups excluding tert-OH is 1. The number of nitrogens with one attached hydrogen (secondary N) is 1. The van der Waals surface area contributed by atoms with E-state index in [1.807, 2.05) is 0 Å². The zero-order chi connectivity index (χ0) is 14.3. The molecule has 0 saturated heterocycles. The fraction of sp³-hybridized carbons (Fsp3) is 0.417. The number of ether oxygens (including phenoxy) is 2. The van der Waals surface area contributed by atoms with Crippen LogP contribution in [0.25, 0.3) is 0 Å². The molecule has 1 unspecified atom stereocenters. The van der Waals surface area contributed by atoms with Gasteiger partial charge in [0.25, 0.3) is 5.91 Å². The van der Waals surface area contributed by atoms with Crippen LogP contribution < -0.4 is 10.1 Å². The van der Waals surface area contributed by atoms with Gasteiger partial charge in [0.05, 0.1) is 24.8 Å². The standard InChI is InChI=1S/C12H15F2NO4/c1-18-7-8(6-16)15-11(17)9-4-2-3-5-10(9)19-12(13)14/h2-5,8,12,16H,6-7H2,1H3,(H,15,17). The molecule has 1 aromatic rings. The van der Waals surface area contributed by atoms with Gasteiger partial charge in [-0.05, 0) is 12.1 Å². The van der Waals surface area contributed by atoms with Crippen LogP contribution in [-0.2, 0) is 4.74 Å². The van der Waals surface area contributed by atoms with Crippen LogP contribution in [0.15, 0.2) is 24.3 Å². The number of amides is 1. The summed E-state index contributed by atoms with van der Waals surface area (Å²) in [5.74, 6) is -0.837. The van der Waals surface area contributed by atoms with Gasteiger partial charge in [0.1, 0.15) is 5.75 Å². The number of hydrogen-bond donors (Lipinski definition) is 2. The molecule has 106 valence electrons. The molecule has 0 radical (unpaired) electrons. The molecule has 5 nitrogen and oxygen atoms in total. The summed E-state index contributed by atoms with van der Waals surface area (Å²) < 4.78 is 33.5. The van der Waals surface area contributed by atoms with Crippen molar-refractivity contribution in [3.05, 3.63) is 29.8 Å². The monoisotopic (exact) mass is 275 g/mol. The number of alkyl halides is 2. The van der Waals surface area contributed by atoms with Crippen LogP contribution in [0.1, 0.15) is 10.4 Å². The Labute approximate surface area is 109 Å². The molecule has 2 N–H and O–H groups in total. The number of aliphatic hydroxyl groups is 1. The van der Waals surface area contributed by atoms with Gasteiger partial charge in [0.2, 0.25) is 0 Å². The molecule has 0 aromatic heterocycles. The van der Waals surface area contributed by atoms with Crippen molar-refractivity contribution in [2.75, 3.05) is 20.3 Å². The van der Waals surface area contributed by atoms with Crippen molar-refractivity contribution in [3.63, 3.8) is 0 Å². The first-order chi connectivity index (χ1) is 9.08. The van der Waals surface area contributed by atoms with Crippen molar-refractivity contribution in [2.45, 2.75) is 12.7 Å². The Kier molecular flexibility index (Phi) is 6.17. The maximum absolute atomic E-state index is 12.2. The zero-order valence-electron chi connectivity index (χ0n) is 10.3. The predicted octanol–water partition coefficient (Wildman–Crippen LogP) is 1.03. The molecule has 0 spiro atoms. The first-order valence-corrected chi connectivity index (χ1v) is 5.53. The Hall–Kier alpha value is -1.73. The SMILES string of the molecule is COCC(CO)NC(=O)c1ccccc1OC(F)F. The summed E-state index contributed by atoms with van der Waals surface area (Å²) in [6.07, 6.45) is 0. The third-order valence-electron chi connectivity index (χ3n) is 2.27. The van der Waals surface area contributed by atoms with Gasteiger partial charge in [0, 0.05) is 7.11 Å². The van der Waals surface area contributed by atoms with E-state index in [9.17, 15) is 13.6 Å². The summed E-state index contributed by atoms with van der Waals surface area (Å²) in [6, 6.07) is 5.02. The number of halogens is 2. The zero-order valence-corrected chi connectivity index (χ0v) is 10.3. The summed E-state index contributed by atoms with van der Waals surface area (Å²) in [5, 5.41) is 11.5. The van der Waals surface area contributed by atoms with Crippen LogP contribution in [-0.4, -0.2) is 44.0 Å². The van der Waals surface area contributed by atoms with Crippen LogP contribution in [0, 0.1) is 0 Å². The minimum absolute atomic E-state index is 0.0302. The molecule has 1 rings (SSSR count). The average Bonchev–Trinajstić information content (AvgIpc) is 2.38. The van der Waals surface area contributed by atoms with Crippen LogP contribution in [0.5, 0.6) is 5.75 Å². The highest BCUT2D eigenvalue weighted by Crippen LogP contribution is 2.20. The second kappa shape index (κ2) is 7.65. The minimum Gasteiger partial charge on any atom is -0.434 e. The summed E-state index contributed by atoms with van der Waals surface area (Å²) in [4.78, 5) is 11.9. The van der Waals surface area contributed by atoms with E-state index in [1.165, 1.54) is 31.4 Å². The van der Waals surface area contributed by atoms with Crippen molar-refractivity contribution in [2.24, 2.45) is 0 Å². The van der Waals surface area contributed by atoms with E-state index in [0.717, 1.165) is 0 Å². The Morgan fingerprint density at radius 1 is 1.42 bits per heavy atom. The molecule has 1 aromatic carbocycles. The largest absolute Gasteiger partial charge is 0.434 e.